The Kier molecular flexibility index (Phi) is 37.8. The number of rotatable bonds is 52. The van der Waals surface area contributed by atoms with E-state index in [9.17, 15) is 217 Å². The number of hydrogen-bond donors (Lipinski definition) is 18. The first-order valence-corrected chi connectivity index (χ1v) is 48.1. The van der Waals surface area contributed by atoms with Crippen LogP contribution in [0.4, 0.5) is 0 Å². The van der Waals surface area contributed by atoms with E-state index in [1.165, 1.54) is 10.6 Å². The van der Waals surface area contributed by atoms with E-state index in [0.29, 0.717) is 0 Å². The molecule has 2 aliphatic rings. The zero-order valence-electron chi connectivity index (χ0n) is 53.1. The summed E-state index contributed by atoms with van der Waals surface area (Å²) >= 11 is 0. The summed E-state index contributed by atoms with van der Waals surface area (Å²) in [4.78, 5) is 28.4. The van der Waals surface area contributed by atoms with Gasteiger partial charge in [0.15, 0.2) is 37.0 Å². The molecular weight excluding hydrogens is 1990 g/mol. The summed E-state index contributed by atoms with van der Waals surface area (Å²) in [7, 11) is -105. The van der Waals surface area contributed by atoms with Crippen molar-refractivity contribution >= 4 is 178 Å². The van der Waals surface area contributed by atoms with Gasteiger partial charge >= 0.3 is 166 Å². The molecule has 2 aliphatic heterocycles. The Labute approximate surface area is 643 Å². The fourth-order valence-electron chi connectivity index (χ4n) is 8.39. The van der Waals surface area contributed by atoms with E-state index in [0.717, 1.165) is 0 Å². The Morgan fingerprint density at radius 2 is 0.496 bits per heavy atom. The summed E-state index contributed by atoms with van der Waals surface area (Å²) in [6.07, 6.45) is -72.6. The Balaban J connectivity index is 3.25. The van der Waals surface area contributed by atoms with Crippen LogP contribution < -0.4 is 10.6 Å². The van der Waals surface area contributed by atoms with Crippen LogP contribution in [0.2, 0.25) is 0 Å². The molecule has 0 saturated carbocycles. The van der Waals surface area contributed by atoms with Gasteiger partial charge in [-0.05, 0) is 6.42 Å². The van der Waals surface area contributed by atoms with Crippen molar-refractivity contribution < 1.29 is 303 Å². The molecule has 2 amide bonds. The maximum absolute atomic E-state index is 14.2. The molecule has 0 aromatic rings. The molecule has 1 unspecified atom stereocenters. The molecule has 18 N–H and O–H groups in total. The molecule has 0 aliphatic carbocycles. The van der Waals surface area contributed by atoms with E-state index in [2.05, 4.69) is 66.9 Å². The molecular formula is C27H50N2O70S16. The maximum atomic E-state index is 14.2. The van der Waals surface area contributed by atoms with Gasteiger partial charge in [0.25, 0.3) is 11.8 Å². The first kappa shape index (κ1) is 108. The van der Waals surface area contributed by atoms with Gasteiger partial charge in [-0.2, -0.15) is 135 Å². The van der Waals surface area contributed by atoms with Crippen molar-refractivity contribution in [2.75, 3.05) is 39.5 Å². The molecule has 2 saturated heterocycles. The maximum Gasteiger partial charge on any atom is 0.398 e. The predicted molar refractivity (Wildman–Crippen MR) is 325 cm³/mol. The number of carbonyl (C=O) groups excluding carboxylic acids is 2. The van der Waals surface area contributed by atoms with Crippen molar-refractivity contribution in [1.82, 2.24) is 10.6 Å². The second-order valence-corrected chi connectivity index (χ2v) is 36.9. The molecule has 0 aromatic carbocycles. The van der Waals surface area contributed by atoms with Crippen molar-refractivity contribution in [2.45, 2.75) is 117 Å². The molecule has 18 atom stereocenters. The number of ether oxygens (including phenoxy) is 4. The van der Waals surface area contributed by atoms with Gasteiger partial charge in [0.05, 0.1) is 26.4 Å². The van der Waals surface area contributed by atoms with Crippen molar-refractivity contribution in [3.8, 4) is 0 Å². The van der Waals surface area contributed by atoms with E-state index < -0.39 is 334 Å². The average Bonchev–Trinajstić information content (AvgIpc) is 0.766. The van der Waals surface area contributed by atoms with Crippen LogP contribution in [0.25, 0.3) is 0 Å². The topological polar surface area (TPSA) is 1110 Å². The SMILES string of the molecule is O=C(NCCCNC(=O)[C@H](OS(=O)(=O)O)[C@@H](OS(=O)(=O)O)[C@@H](O[C@H]1O[C@H](COS(=O)(=O)O)[C@H](OS(=O)(=O)O)[C@H](OS(=O)(=O)O)[C@@H]1OS(=O)(=O)O)[C@H](COS(=O)(=O)O)OS(=O)(=O)O)[C@@H](OS(=O)(=O)O)[C@@H](OS(=O)(=O)O)[C@@H](O[C@@H]1O[C@@H](COS(=O)(=O)O)[C@H](OS(=O)(=O)O)[C@H](OS(=O)(=O)O)C1OS(=O)(=O)O)[C@@H](COS(=O)(=O)O)OS(=O)(=O)O. The molecule has 2 fully saturated rings. The van der Waals surface area contributed by atoms with Crippen LogP contribution in [-0.4, -0.2) is 369 Å². The lowest BCUT2D eigenvalue weighted by Crippen LogP contribution is -2.65. The van der Waals surface area contributed by atoms with Gasteiger partial charge in [0.2, 0.25) is 0 Å². The smallest absolute Gasteiger partial charge is 0.354 e. The van der Waals surface area contributed by atoms with E-state index in [-0.39, 0.29) is 0 Å². The zero-order chi connectivity index (χ0) is 90.1. The lowest BCUT2D eigenvalue weighted by Gasteiger charge is -2.45. The lowest BCUT2D eigenvalue weighted by molar-refractivity contribution is -0.312. The van der Waals surface area contributed by atoms with Crippen LogP contribution in [0.1, 0.15) is 6.42 Å². The summed E-state index contributed by atoms with van der Waals surface area (Å²) in [5, 5.41) is 2.57. The summed E-state index contributed by atoms with van der Waals surface area (Å²) in [5.74, 6) is -5.56. The first-order chi connectivity index (χ1) is 50.8. The highest BCUT2D eigenvalue weighted by molar-refractivity contribution is 7.84. The summed E-state index contributed by atoms with van der Waals surface area (Å²) < 4.78 is 628. The monoisotopic (exact) mass is 2030 g/mol. The highest BCUT2D eigenvalue weighted by Crippen LogP contribution is 2.38. The van der Waals surface area contributed by atoms with Crippen LogP contribution in [0.3, 0.4) is 0 Å². The van der Waals surface area contributed by atoms with E-state index in [1.54, 1.807) is 0 Å². The largest absolute Gasteiger partial charge is 0.398 e. The van der Waals surface area contributed by atoms with Crippen molar-refractivity contribution in [3.05, 3.63) is 0 Å². The third kappa shape index (κ3) is 46.0. The second kappa shape index (κ2) is 40.4. The zero-order valence-corrected chi connectivity index (χ0v) is 66.1. The van der Waals surface area contributed by atoms with Crippen molar-refractivity contribution in [1.29, 1.82) is 0 Å². The standard InChI is InChI=1S/C27H50N2O70S16/c30-24(20(96-112(68,69)70)16(92-108(56,57)58)12(10(88-104(44,45)46)6-82-102(38,39)40)86-26-22(98-114(74,75)76)18(94-110(62,63)64)14(90-106(50,51)52)8(84-26)4-80-100(32,33)34)28-2-1-3-29-25(31)21(97-113(71,72)73)17(93-109(59,60)61)13(11(89-105(47,48)49)7-83-103(41,42)43)87-27-23(99-115(77,78)79)19(95-111(65,66)67)15(91-107(53,54)55)9(85-27)5-81-101(35,36)37/h8-23,26-27H,1-7H2,(H,28,30)(H,29,31)(H,32,33,34)(H,35,36,37)(H,38,39,40)(H,41,42,43)(H,44,45,46)(H,47,48,49)(H,50,51,52)(H,53,54,55)(H,56,57,58)(H,59,60,61)(H,62,63,64)(H,65,66,67)(H,68,69,70)(H,71,72,73)(H,74,75,76)(H,77,78,79)/t8-,9+,10+,11-,12-,13-,14-,15-,16-,17-,18-,19-,20-,21+,22?,23-,26-,27+/m0/s1. The van der Waals surface area contributed by atoms with E-state index in [1.807, 2.05) is 0 Å². The molecule has 0 bridgehead atoms. The quantitative estimate of drug-likeness (QED) is 0.0199. The lowest BCUT2D eigenvalue weighted by atomic mass is 9.98. The highest BCUT2D eigenvalue weighted by Gasteiger charge is 2.60. The van der Waals surface area contributed by atoms with Crippen LogP contribution in [-0.2, 0) is 262 Å². The van der Waals surface area contributed by atoms with Gasteiger partial charge in [-0.15, -0.1) is 0 Å². The van der Waals surface area contributed by atoms with E-state index in [4.69, 9.17) is 18.9 Å². The van der Waals surface area contributed by atoms with Crippen LogP contribution in [0, 0.1) is 0 Å². The Morgan fingerprint density at radius 3 is 0.713 bits per heavy atom. The molecule has 2 rings (SSSR count). The molecule has 115 heavy (non-hydrogen) atoms. The molecule has 72 nitrogen and oxygen atoms in total. The number of hydrogen-bond acceptors (Lipinski definition) is 54. The average molecular weight is 2040 g/mol. The van der Waals surface area contributed by atoms with Gasteiger partial charge in [0.1, 0.15) is 73.2 Å². The molecule has 2 heterocycles. The highest BCUT2D eigenvalue weighted by atomic mass is 32.3. The van der Waals surface area contributed by atoms with Crippen LogP contribution >= 0.6 is 0 Å². The van der Waals surface area contributed by atoms with Crippen LogP contribution in [0.15, 0.2) is 0 Å². The Morgan fingerprint density at radius 1 is 0.270 bits per heavy atom. The summed E-state index contributed by atoms with van der Waals surface area (Å²) in [5.41, 5.74) is 0. The third-order valence-corrected chi connectivity index (χ3v) is 18.9. The third-order valence-electron chi connectivity index (χ3n) is 11.5. The minimum absolute atomic E-state index is 1.29. The van der Waals surface area contributed by atoms with Gasteiger partial charge in [0, 0.05) is 13.1 Å². The minimum atomic E-state index is -6.97. The summed E-state index contributed by atoms with van der Waals surface area (Å²) in [6, 6.07) is 0. The van der Waals surface area contributed by atoms with Gasteiger partial charge in [-0.25, -0.2) is 66.9 Å². The number of amides is 2. The fraction of sp³-hybridized carbons (Fsp3) is 0.926. The van der Waals surface area contributed by atoms with Gasteiger partial charge < -0.3 is 29.6 Å². The normalized spacial score (nSPS) is 24.3. The molecule has 0 radical (unpaired) electrons. The first-order valence-electron chi connectivity index (χ1n) is 26.3. The van der Waals surface area contributed by atoms with Crippen LogP contribution in [0.5, 0.6) is 0 Å². The van der Waals surface area contributed by atoms with E-state index >= 15 is 0 Å². The van der Waals surface area contributed by atoms with Crippen molar-refractivity contribution in [3.63, 3.8) is 0 Å². The molecule has 0 aromatic heterocycles. The minimum Gasteiger partial charge on any atom is -0.354 e. The molecule has 0 spiro atoms. The fourth-order valence-corrected chi connectivity index (χ4v) is 15.5. The molecule has 684 valence electrons. The molecule has 88 heteroatoms. The Bertz CT molecular complexity index is 5030. The Hall–Kier alpha value is -3.30. The predicted octanol–water partition coefficient (Wildman–Crippen LogP) is -14.6. The number of carbonyl (C=O) groups is 2. The number of nitrogens with one attached hydrogen (secondary N) is 2. The van der Waals surface area contributed by atoms with Gasteiger partial charge in [-0.1, -0.05) is 0 Å². The van der Waals surface area contributed by atoms with Gasteiger partial charge in [-0.3, -0.25) is 82.4 Å². The second-order valence-electron chi connectivity index (χ2n) is 20.0. The summed E-state index contributed by atoms with van der Waals surface area (Å²) in [6.45, 7) is -13.5. The van der Waals surface area contributed by atoms with Crippen molar-refractivity contribution in [2.24, 2.45) is 0 Å².